The molecule has 146 valence electrons. The van der Waals surface area contributed by atoms with Gasteiger partial charge in [-0.3, -0.25) is 0 Å². The Balaban J connectivity index is -0.0000000399. The summed E-state index contributed by atoms with van der Waals surface area (Å²) in [5.74, 6) is 1.85. The first-order valence-electron chi connectivity index (χ1n) is 8.31. The number of ether oxygens (including phenoxy) is 1. The monoisotopic (exact) mass is 370 g/mol. The zero-order valence-electron chi connectivity index (χ0n) is 16.3. The molecule has 0 aliphatic rings. The summed E-state index contributed by atoms with van der Waals surface area (Å²) in [6.45, 7) is 19.0. The van der Waals surface area contributed by atoms with E-state index in [0.29, 0.717) is 6.10 Å². The number of halogens is 1. The molecule has 0 aliphatic heterocycles. The summed E-state index contributed by atoms with van der Waals surface area (Å²) in [4.78, 5) is 0. The summed E-state index contributed by atoms with van der Waals surface area (Å²) in [5, 5.41) is 0. The molecule has 0 fully saturated rings. The third kappa shape index (κ3) is 136. The van der Waals surface area contributed by atoms with E-state index in [4.69, 9.17) is 16.3 Å². The molecule has 0 aromatic rings. The Bertz CT molecular complexity index is 133. The van der Waals surface area contributed by atoms with Crippen LogP contribution in [0.4, 0.5) is 0 Å². The van der Waals surface area contributed by atoms with Crippen LogP contribution in [0.2, 0.25) is 0 Å². The van der Waals surface area contributed by atoms with E-state index in [1.54, 1.807) is 19.3 Å². The third-order valence-electron chi connectivity index (χ3n) is 1.98. The van der Waals surface area contributed by atoms with Gasteiger partial charge in [0.05, 0.1) is 6.10 Å². The number of alkyl halides is 1. The summed E-state index contributed by atoms with van der Waals surface area (Å²) in [5.41, 5.74) is 0. The lowest BCUT2D eigenvalue weighted by Gasteiger charge is -2.01. The Labute approximate surface area is 160 Å². The molecule has 0 heterocycles. The second-order valence-electron chi connectivity index (χ2n) is 4.39. The van der Waals surface area contributed by atoms with Gasteiger partial charge in [-0.2, -0.15) is 12.6 Å². The standard InChI is InChI=1S/C5H12O.C4H9Cl.C4H10S.2C3H6.CH4/c1-4-5(2)6-3;2*1-2-3-4-5;2*1-3-2;/h5H,4H2,1-3H3;2-4H2,1H3;5H,2-4H2,1H3;2*3H,1H2,2H3;1H4. The highest BCUT2D eigenvalue weighted by Crippen LogP contribution is 1.90. The van der Waals surface area contributed by atoms with Crippen LogP contribution in [0, 0.1) is 0 Å². The van der Waals surface area contributed by atoms with E-state index in [2.05, 4.69) is 53.5 Å². The number of unbranched alkanes of at least 4 members (excludes halogenated alkanes) is 2. The van der Waals surface area contributed by atoms with Crippen molar-refractivity contribution in [2.24, 2.45) is 0 Å². The number of hydrogen-bond donors (Lipinski definition) is 1. The van der Waals surface area contributed by atoms with E-state index >= 15 is 0 Å². The van der Waals surface area contributed by atoms with Gasteiger partial charge in [-0.05, 0) is 45.8 Å². The van der Waals surface area contributed by atoms with Gasteiger partial charge in [0.15, 0.2) is 0 Å². The van der Waals surface area contributed by atoms with Crippen LogP contribution in [-0.2, 0) is 4.74 Å². The number of rotatable bonds is 6. The second-order valence-corrected chi connectivity index (χ2v) is 5.22. The average Bonchev–Trinajstić information content (AvgIpc) is 2.51. The Hall–Kier alpha value is 0.0800. The van der Waals surface area contributed by atoms with Gasteiger partial charge in [0, 0.05) is 13.0 Å². The van der Waals surface area contributed by atoms with E-state index in [1.165, 1.54) is 19.3 Å². The highest BCUT2D eigenvalue weighted by atomic mass is 35.5. The molecule has 0 aliphatic carbocycles. The molecular weight excluding hydrogens is 324 g/mol. The van der Waals surface area contributed by atoms with Crippen LogP contribution in [0.1, 0.15) is 81.1 Å². The maximum Gasteiger partial charge on any atom is 0.0540 e. The fraction of sp³-hybridized carbons (Fsp3) is 0.800. The Morgan fingerprint density at radius 3 is 1.39 bits per heavy atom. The SMILES string of the molecule is C.C=CC.C=CC.CCC(C)OC.CCCCCl.CCCCS. The van der Waals surface area contributed by atoms with Crippen molar-refractivity contribution in [2.45, 2.75) is 87.2 Å². The zero-order chi connectivity index (χ0) is 18.6. The molecule has 0 aromatic heterocycles. The van der Waals surface area contributed by atoms with Gasteiger partial charge < -0.3 is 4.74 Å². The van der Waals surface area contributed by atoms with Crippen LogP contribution in [0.3, 0.4) is 0 Å². The topological polar surface area (TPSA) is 9.23 Å². The van der Waals surface area contributed by atoms with E-state index < -0.39 is 0 Å². The van der Waals surface area contributed by atoms with Crippen molar-refractivity contribution in [2.75, 3.05) is 18.7 Å². The molecule has 3 heteroatoms. The van der Waals surface area contributed by atoms with Crippen LogP contribution < -0.4 is 0 Å². The van der Waals surface area contributed by atoms with Gasteiger partial charge in [0.25, 0.3) is 0 Å². The molecular formula is C20H47ClOS. The van der Waals surface area contributed by atoms with Crippen LogP contribution >= 0.6 is 24.2 Å². The molecule has 1 unspecified atom stereocenters. The first-order chi connectivity index (χ1) is 10.5. The lowest BCUT2D eigenvalue weighted by atomic mass is 10.3. The molecule has 23 heavy (non-hydrogen) atoms. The largest absolute Gasteiger partial charge is 0.382 e. The minimum atomic E-state index is 0. The Morgan fingerprint density at radius 2 is 1.39 bits per heavy atom. The molecule has 0 radical (unpaired) electrons. The highest BCUT2D eigenvalue weighted by Gasteiger charge is 1.88. The molecule has 0 spiro atoms. The smallest absolute Gasteiger partial charge is 0.0540 e. The van der Waals surface area contributed by atoms with Crippen molar-refractivity contribution in [1.29, 1.82) is 0 Å². The van der Waals surface area contributed by atoms with E-state index in [9.17, 15) is 0 Å². The number of allylic oxidation sites excluding steroid dienone is 2. The van der Waals surface area contributed by atoms with Crippen LogP contribution in [0.5, 0.6) is 0 Å². The number of methoxy groups -OCH3 is 1. The van der Waals surface area contributed by atoms with Crippen molar-refractivity contribution in [1.82, 2.24) is 0 Å². The zero-order valence-corrected chi connectivity index (χ0v) is 18.0. The minimum Gasteiger partial charge on any atom is -0.382 e. The van der Waals surface area contributed by atoms with Crippen molar-refractivity contribution in [3.63, 3.8) is 0 Å². The van der Waals surface area contributed by atoms with E-state index in [0.717, 1.165) is 24.5 Å². The summed E-state index contributed by atoms with van der Waals surface area (Å²) in [6, 6.07) is 0. The van der Waals surface area contributed by atoms with Crippen molar-refractivity contribution in [3.05, 3.63) is 25.3 Å². The molecule has 0 aromatic carbocycles. The molecule has 0 saturated carbocycles. The van der Waals surface area contributed by atoms with E-state index in [1.807, 2.05) is 13.8 Å². The summed E-state index contributed by atoms with van der Waals surface area (Å²) < 4.78 is 4.90. The normalized spacial score (nSPS) is 8.57. The van der Waals surface area contributed by atoms with Gasteiger partial charge in [-0.15, -0.1) is 24.8 Å². The van der Waals surface area contributed by atoms with Crippen LogP contribution in [-0.4, -0.2) is 24.8 Å². The van der Waals surface area contributed by atoms with Gasteiger partial charge in [0.1, 0.15) is 0 Å². The summed E-state index contributed by atoms with van der Waals surface area (Å²) >= 11 is 9.30. The molecule has 0 bridgehead atoms. The number of thiol groups is 1. The number of hydrogen-bond acceptors (Lipinski definition) is 2. The Morgan fingerprint density at radius 1 is 1.04 bits per heavy atom. The lowest BCUT2D eigenvalue weighted by Crippen LogP contribution is -2.00. The van der Waals surface area contributed by atoms with Crippen LogP contribution in [0.25, 0.3) is 0 Å². The van der Waals surface area contributed by atoms with E-state index in [-0.39, 0.29) is 7.43 Å². The second kappa shape index (κ2) is 57.3. The minimum absolute atomic E-state index is 0. The first kappa shape index (κ1) is 38.6. The van der Waals surface area contributed by atoms with Crippen molar-refractivity contribution in [3.8, 4) is 0 Å². The fourth-order valence-corrected chi connectivity index (χ4v) is 1.04. The highest BCUT2D eigenvalue weighted by molar-refractivity contribution is 7.80. The van der Waals surface area contributed by atoms with Gasteiger partial charge in [-0.1, -0.05) is 53.2 Å². The summed E-state index contributed by atoms with van der Waals surface area (Å²) in [7, 11) is 1.73. The van der Waals surface area contributed by atoms with Crippen LogP contribution in [0.15, 0.2) is 25.3 Å². The fourth-order valence-electron chi connectivity index (χ4n) is 0.458. The van der Waals surface area contributed by atoms with Gasteiger partial charge in [-0.25, -0.2) is 0 Å². The summed E-state index contributed by atoms with van der Waals surface area (Å²) in [6.07, 6.45) is 9.93. The molecule has 1 atom stereocenters. The van der Waals surface area contributed by atoms with Gasteiger partial charge >= 0.3 is 0 Å². The quantitative estimate of drug-likeness (QED) is 0.281. The predicted octanol–water partition coefficient (Wildman–Crippen LogP) is 8.19. The lowest BCUT2D eigenvalue weighted by molar-refractivity contribution is 0.115. The van der Waals surface area contributed by atoms with Gasteiger partial charge in [0.2, 0.25) is 0 Å². The molecule has 0 amide bonds. The molecule has 0 saturated heterocycles. The first-order valence-corrected chi connectivity index (χ1v) is 9.47. The third-order valence-corrected chi connectivity index (χ3v) is 2.56. The Kier molecular flexibility index (Phi) is 96.2. The maximum absolute atomic E-state index is 5.30. The molecule has 1 nitrogen and oxygen atoms in total. The van der Waals surface area contributed by atoms with Crippen molar-refractivity contribution >= 4 is 24.2 Å². The molecule has 0 N–H and O–H groups in total. The average molecular weight is 371 g/mol. The maximum atomic E-state index is 5.30. The van der Waals surface area contributed by atoms with Crippen molar-refractivity contribution < 1.29 is 4.74 Å². The molecule has 0 rings (SSSR count). The predicted molar refractivity (Wildman–Crippen MR) is 120 cm³/mol.